The van der Waals surface area contributed by atoms with E-state index in [4.69, 9.17) is 4.74 Å². The molecule has 0 spiro atoms. The Morgan fingerprint density at radius 1 is 1.47 bits per heavy atom. The molecular weight excluding hydrogens is 188 g/mol. The van der Waals surface area contributed by atoms with E-state index in [1.807, 2.05) is 0 Å². The Morgan fingerprint density at radius 2 is 2.27 bits per heavy atom. The quantitative estimate of drug-likeness (QED) is 0.695. The van der Waals surface area contributed by atoms with Gasteiger partial charge in [-0.25, -0.2) is 0 Å². The second-order valence-corrected chi connectivity index (χ2v) is 4.66. The van der Waals surface area contributed by atoms with Crippen LogP contribution in [-0.2, 0) is 4.74 Å². The van der Waals surface area contributed by atoms with Crippen LogP contribution in [0.3, 0.4) is 0 Å². The van der Waals surface area contributed by atoms with Crippen molar-refractivity contribution in [3.8, 4) is 0 Å². The topological polar surface area (TPSA) is 24.5 Å². The van der Waals surface area contributed by atoms with E-state index in [9.17, 15) is 0 Å². The van der Waals surface area contributed by atoms with Crippen LogP contribution in [0.2, 0.25) is 0 Å². The van der Waals surface area contributed by atoms with Crippen molar-refractivity contribution in [2.45, 2.75) is 45.8 Å². The van der Waals surface area contributed by atoms with Crippen molar-refractivity contribution in [2.24, 2.45) is 0 Å². The molecule has 0 aromatic rings. The molecule has 1 saturated heterocycles. The molecule has 1 heterocycles. The van der Waals surface area contributed by atoms with E-state index in [2.05, 4.69) is 31.0 Å². The molecule has 3 heteroatoms. The van der Waals surface area contributed by atoms with Crippen LogP contribution < -0.4 is 5.32 Å². The fraction of sp³-hybridized carbons (Fsp3) is 1.00. The molecule has 1 fully saturated rings. The first-order valence-corrected chi connectivity index (χ1v) is 6.29. The van der Waals surface area contributed by atoms with E-state index >= 15 is 0 Å². The summed E-state index contributed by atoms with van der Waals surface area (Å²) in [5, 5.41) is 3.58. The molecule has 1 aliphatic heterocycles. The first-order chi connectivity index (χ1) is 7.22. The fourth-order valence-electron chi connectivity index (χ4n) is 1.97. The molecular formula is C12H26N2O. The lowest BCUT2D eigenvalue weighted by molar-refractivity contribution is 0.0631. The zero-order chi connectivity index (χ0) is 11.1. The zero-order valence-corrected chi connectivity index (χ0v) is 10.5. The zero-order valence-electron chi connectivity index (χ0n) is 10.5. The smallest absolute Gasteiger partial charge is 0.0596 e. The van der Waals surface area contributed by atoms with Gasteiger partial charge in [0.25, 0.3) is 0 Å². The fourth-order valence-corrected chi connectivity index (χ4v) is 1.97. The molecule has 3 nitrogen and oxygen atoms in total. The Bertz CT molecular complexity index is 162. The van der Waals surface area contributed by atoms with E-state index < -0.39 is 0 Å². The minimum atomic E-state index is 0.363. The number of nitrogens with one attached hydrogen (secondary N) is 1. The summed E-state index contributed by atoms with van der Waals surface area (Å²) in [6.45, 7) is 11.9. The van der Waals surface area contributed by atoms with Crippen LogP contribution in [0.4, 0.5) is 0 Å². The molecule has 0 aliphatic carbocycles. The number of ether oxygens (including phenoxy) is 1. The van der Waals surface area contributed by atoms with Crippen LogP contribution >= 0.6 is 0 Å². The van der Waals surface area contributed by atoms with Gasteiger partial charge in [-0.3, -0.25) is 4.90 Å². The van der Waals surface area contributed by atoms with Crippen LogP contribution in [0.1, 0.15) is 33.6 Å². The van der Waals surface area contributed by atoms with Gasteiger partial charge in [0.05, 0.1) is 12.7 Å². The van der Waals surface area contributed by atoms with E-state index in [1.54, 1.807) is 0 Å². The highest BCUT2D eigenvalue weighted by molar-refractivity contribution is 4.80. The highest BCUT2D eigenvalue weighted by Gasteiger charge is 2.20. The van der Waals surface area contributed by atoms with Crippen molar-refractivity contribution in [1.29, 1.82) is 0 Å². The van der Waals surface area contributed by atoms with E-state index in [0.29, 0.717) is 12.1 Å². The summed E-state index contributed by atoms with van der Waals surface area (Å²) in [6, 6.07) is 0.712. The molecule has 0 aromatic carbocycles. The number of hydrogen-bond donors (Lipinski definition) is 1. The largest absolute Gasteiger partial charge is 0.377 e. The molecule has 0 bridgehead atoms. The minimum absolute atomic E-state index is 0.363. The van der Waals surface area contributed by atoms with E-state index in [1.165, 1.54) is 25.9 Å². The highest BCUT2D eigenvalue weighted by Crippen LogP contribution is 2.08. The van der Waals surface area contributed by atoms with Crippen molar-refractivity contribution in [3.05, 3.63) is 0 Å². The van der Waals surface area contributed by atoms with Gasteiger partial charge < -0.3 is 10.1 Å². The lowest BCUT2D eigenvalue weighted by Gasteiger charge is -2.17. The van der Waals surface area contributed by atoms with Gasteiger partial charge in [0.15, 0.2) is 0 Å². The Kier molecular flexibility index (Phi) is 6.22. The van der Waals surface area contributed by atoms with Crippen molar-refractivity contribution in [2.75, 3.05) is 32.8 Å². The molecule has 0 saturated carbocycles. The first-order valence-electron chi connectivity index (χ1n) is 6.29. The predicted octanol–water partition coefficient (Wildman–Crippen LogP) is 1.49. The van der Waals surface area contributed by atoms with Gasteiger partial charge in [-0.1, -0.05) is 6.92 Å². The summed E-state index contributed by atoms with van der Waals surface area (Å²) in [4.78, 5) is 2.50. The molecule has 0 radical (unpaired) electrons. The van der Waals surface area contributed by atoms with Crippen LogP contribution in [0.5, 0.6) is 0 Å². The van der Waals surface area contributed by atoms with Gasteiger partial charge in [-0.05, 0) is 39.8 Å². The second kappa shape index (κ2) is 7.20. The van der Waals surface area contributed by atoms with Crippen molar-refractivity contribution in [1.82, 2.24) is 10.2 Å². The first kappa shape index (κ1) is 12.9. The van der Waals surface area contributed by atoms with E-state index in [-0.39, 0.29) is 0 Å². The Labute approximate surface area is 94.2 Å². The maximum atomic E-state index is 5.56. The number of rotatable bonds is 7. The Morgan fingerprint density at radius 3 is 2.93 bits per heavy atom. The maximum absolute atomic E-state index is 5.56. The van der Waals surface area contributed by atoms with Crippen molar-refractivity contribution in [3.63, 3.8) is 0 Å². The molecule has 15 heavy (non-hydrogen) atoms. The number of hydrogen-bond acceptors (Lipinski definition) is 3. The average Bonchev–Trinajstić information content (AvgIpc) is 2.62. The third-order valence-corrected chi connectivity index (χ3v) is 2.81. The third kappa shape index (κ3) is 5.50. The standard InChI is InChI=1S/C12H26N2O/c1-4-6-13-12-5-7-14(10-12)8-9-15-11(2)3/h11-13H,4-10H2,1-3H3. The van der Waals surface area contributed by atoms with Gasteiger partial charge in [-0.15, -0.1) is 0 Å². The monoisotopic (exact) mass is 214 g/mol. The van der Waals surface area contributed by atoms with Crippen molar-refractivity contribution >= 4 is 0 Å². The normalized spacial score (nSPS) is 22.8. The van der Waals surface area contributed by atoms with Crippen LogP contribution in [-0.4, -0.2) is 49.8 Å². The molecule has 1 N–H and O–H groups in total. The van der Waals surface area contributed by atoms with Gasteiger partial charge in [-0.2, -0.15) is 0 Å². The van der Waals surface area contributed by atoms with Gasteiger partial charge in [0.2, 0.25) is 0 Å². The Hall–Kier alpha value is -0.120. The van der Waals surface area contributed by atoms with Crippen LogP contribution in [0.15, 0.2) is 0 Å². The Balaban J connectivity index is 2.03. The predicted molar refractivity (Wildman–Crippen MR) is 64.2 cm³/mol. The second-order valence-electron chi connectivity index (χ2n) is 4.66. The molecule has 1 rings (SSSR count). The lowest BCUT2D eigenvalue weighted by Crippen LogP contribution is -2.34. The third-order valence-electron chi connectivity index (χ3n) is 2.81. The minimum Gasteiger partial charge on any atom is -0.377 e. The highest BCUT2D eigenvalue weighted by atomic mass is 16.5. The summed E-state index contributed by atoms with van der Waals surface area (Å²) < 4.78 is 5.56. The van der Waals surface area contributed by atoms with Crippen LogP contribution in [0, 0.1) is 0 Å². The summed E-state index contributed by atoms with van der Waals surface area (Å²) in [5.74, 6) is 0. The average molecular weight is 214 g/mol. The maximum Gasteiger partial charge on any atom is 0.0596 e. The molecule has 1 unspecified atom stereocenters. The number of likely N-dealkylation sites (tertiary alicyclic amines) is 1. The van der Waals surface area contributed by atoms with E-state index in [0.717, 1.165) is 19.7 Å². The lowest BCUT2D eigenvalue weighted by atomic mass is 10.2. The molecule has 90 valence electrons. The van der Waals surface area contributed by atoms with Gasteiger partial charge >= 0.3 is 0 Å². The summed E-state index contributed by atoms with van der Waals surface area (Å²) >= 11 is 0. The molecule has 0 aromatic heterocycles. The molecule has 1 aliphatic rings. The van der Waals surface area contributed by atoms with Gasteiger partial charge in [0, 0.05) is 19.1 Å². The summed E-state index contributed by atoms with van der Waals surface area (Å²) in [5.41, 5.74) is 0. The van der Waals surface area contributed by atoms with Gasteiger partial charge in [0.1, 0.15) is 0 Å². The number of nitrogens with zero attached hydrogens (tertiary/aromatic N) is 1. The molecule has 1 atom stereocenters. The summed E-state index contributed by atoms with van der Waals surface area (Å²) in [6.07, 6.45) is 2.89. The SMILES string of the molecule is CCCNC1CCN(CCOC(C)C)C1. The summed E-state index contributed by atoms with van der Waals surface area (Å²) in [7, 11) is 0. The molecule has 0 amide bonds. The van der Waals surface area contributed by atoms with Crippen LogP contribution in [0.25, 0.3) is 0 Å². The van der Waals surface area contributed by atoms with Crippen molar-refractivity contribution < 1.29 is 4.74 Å².